The summed E-state index contributed by atoms with van der Waals surface area (Å²) in [6.07, 6.45) is 5.84. The van der Waals surface area contributed by atoms with Gasteiger partial charge in [-0.05, 0) is 13.3 Å². The second kappa shape index (κ2) is 5.54. The number of thiazole rings is 1. The number of nitrogens with one attached hydrogen (secondary N) is 1. The Hall–Kier alpha value is -2.02. The zero-order valence-electron chi connectivity index (χ0n) is 11.1. The lowest BCUT2D eigenvalue weighted by molar-refractivity contribution is 0.0935. The minimum Gasteiger partial charge on any atom is -0.346 e. The van der Waals surface area contributed by atoms with Crippen molar-refractivity contribution in [3.8, 4) is 0 Å². The molecule has 1 saturated heterocycles. The van der Waals surface area contributed by atoms with Crippen molar-refractivity contribution in [1.29, 1.82) is 0 Å². The summed E-state index contributed by atoms with van der Waals surface area (Å²) in [7, 11) is 0. The molecule has 1 atom stereocenters. The first-order chi connectivity index (χ1) is 9.72. The van der Waals surface area contributed by atoms with Crippen LogP contribution in [0.25, 0.3) is 0 Å². The Morgan fingerprint density at radius 2 is 2.30 bits per heavy atom. The summed E-state index contributed by atoms with van der Waals surface area (Å²) < 4.78 is 0. The van der Waals surface area contributed by atoms with Crippen molar-refractivity contribution in [1.82, 2.24) is 20.3 Å². The third kappa shape index (κ3) is 2.77. The summed E-state index contributed by atoms with van der Waals surface area (Å²) in [5, 5.41) is 5.97. The molecule has 1 fully saturated rings. The summed E-state index contributed by atoms with van der Waals surface area (Å²) in [6.45, 7) is 3.55. The van der Waals surface area contributed by atoms with Gasteiger partial charge >= 0.3 is 0 Å². The van der Waals surface area contributed by atoms with Gasteiger partial charge in [-0.2, -0.15) is 0 Å². The van der Waals surface area contributed by atoms with Gasteiger partial charge in [0, 0.05) is 36.9 Å². The maximum Gasteiger partial charge on any atom is 0.271 e. The van der Waals surface area contributed by atoms with Crippen LogP contribution in [0.4, 0.5) is 5.13 Å². The van der Waals surface area contributed by atoms with E-state index in [4.69, 9.17) is 0 Å². The Kier molecular flexibility index (Phi) is 3.60. The van der Waals surface area contributed by atoms with E-state index in [0.717, 1.165) is 30.3 Å². The number of aryl methyl sites for hydroxylation is 1. The smallest absolute Gasteiger partial charge is 0.271 e. The minimum atomic E-state index is -0.163. The van der Waals surface area contributed by atoms with Gasteiger partial charge in [0.05, 0.1) is 11.9 Å². The van der Waals surface area contributed by atoms with E-state index in [2.05, 4.69) is 25.2 Å². The van der Waals surface area contributed by atoms with Crippen LogP contribution in [-0.4, -0.2) is 40.0 Å². The highest BCUT2D eigenvalue weighted by molar-refractivity contribution is 7.13. The molecule has 2 aromatic rings. The molecule has 3 rings (SSSR count). The highest BCUT2D eigenvalue weighted by atomic mass is 32.1. The Bertz CT molecular complexity index is 583. The van der Waals surface area contributed by atoms with Gasteiger partial charge < -0.3 is 10.2 Å². The summed E-state index contributed by atoms with van der Waals surface area (Å²) in [5.41, 5.74) is 1.17. The first-order valence-corrected chi connectivity index (χ1v) is 7.34. The maximum absolute atomic E-state index is 12.1. The zero-order valence-corrected chi connectivity index (χ0v) is 11.9. The fourth-order valence-corrected chi connectivity index (χ4v) is 2.87. The number of nitrogens with zero attached hydrogens (tertiary/aromatic N) is 4. The largest absolute Gasteiger partial charge is 0.346 e. The number of hydrogen-bond donors (Lipinski definition) is 1. The maximum atomic E-state index is 12.1. The third-order valence-electron chi connectivity index (χ3n) is 3.23. The fraction of sp³-hybridized carbons (Fsp3) is 0.385. The van der Waals surface area contributed by atoms with Crippen molar-refractivity contribution in [3.05, 3.63) is 35.4 Å². The van der Waals surface area contributed by atoms with E-state index in [-0.39, 0.29) is 11.9 Å². The van der Waals surface area contributed by atoms with Gasteiger partial charge in [-0.3, -0.25) is 9.78 Å². The predicted molar refractivity (Wildman–Crippen MR) is 77.0 cm³/mol. The first kappa shape index (κ1) is 13.0. The van der Waals surface area contributed by atoms with Crippen LogP contribution < -0.4 is 10.2 Å². The Morgan fingerprint density at radius 1 is 1.40 bits per heavy atom. The average Bonchev–Trinajstić information content (AvgIpc) is 3.09. The molecule has 0 unspecified atom stereocenters. The molecular weight excluding hydrogens is 274 g/mol. The standard InChI is InChI=1S/C13H15N5OS/c1-9-6-16-11(7-15-9)12(19)17-10-2-4-18(8-10)13-14-3-5-20-13/h3,5-7,10H,2,4,8H2,1H3,(H,17,19)/t10-/m0/s1. The SMILES string of the molecule is Cc1cnc(C(=O)N[C@H]2CCN(c3nccs3)C2)cn1. The van der Waals surface area contributed by atoms with Crippen LogP contribution in [0.15, 0.2) is 24.0 Å². The Balaban J connectivity index is 1.59. The van der Waals surface area contributed by atoms with E-state index in [0.29, 0.717) is 5.69 Å². The zero-order chi connectivity index (χ0) is 13.9. The van der Waals surface area contributed by atoms with Crippen LogP contribution in [-0.2, 0) is 0 Å². The number of carbonyl (C=O) groups excluding carboxylic acids is 1. The molecule has 1 N–H and O–H groups in total. The van der Waals surface area contributed by atoms with Crippen molar-refractivity contribution < 1.29 is 4.79 Å². The van der Waals surface area contributed by atoms with Gasteiger partial charge in [-0.15, -0.1) is 11.3 Å². The Morgan fingerprint density at radius 3 is 3.00 bits per heavy atom. The number of aromatic nitrogens is 3. The van der Waals surface area contributed by atoms with E-state index in [9.17, 15) is 4.79 Å². The molecule has 0 bridgehead atoms. The molecule has 1 aliphatic heterocycles. The highest BCUT2D eigenvalue weighted by Gasteiger charge is 2.25. The summed E-state index contributed by atoms with van der Waals surface area (Å²) in [6, 6.07) is 0.134. The van der Waals surface area contributed by atoms with E-state index >= 15 is 0 Å². The first-order valence-electron chi connectivity index (χ1n) is 6.46. The van der Waals surface area contributed by atoms with E-state index in [1.807, 2.05) is 12.3 Å². The van der Waals surface area contributed by atoms with Crippen LogP contribution in [0.3, 0.4) is 0 Å². The van der Waals surface area contributed by atoms with Crippen LogP contribution in [0.1, 0.15) is 22.6 Å². The topological polar surface area (TPSA) is 71.0 Å². The lowest BCUT2D eigenvalue weighted by atomic mass is 10.2. The van der Waals surface area contributed by atoms with Crippen molar-refractivity contribution >= 4 is 22.4 Å². The molecule has 20 heavy (non-hydrogen) atoms. The van der Waals surface area contributed by atoms with Crippen LogP contribution in [0.2, 0.25) is 0 Å². The molecule has 2 aromatic heterocycles. The van der Waals surface area contributed by atoms with Crippen LogP contribution >= 0.6 is 11.3 Å². The van der Waals surface area contributed by atoms with Crippen molar-refractivity contribution in [2.75, 3.05) is 18.0 Å². The van der Waals surface area contributed by atoms with E-state index in [1.165, 1.54) is 6.20 Å². The van der Waals surface area contributed by atoms with Gasteiger partial charge in [-0.1, -0.05) is 0 Å². The van der Waals surface area contributed by atoms with E-state index in [1.54, 1.807) is 23.7 Å². The minimum absolute atomic E-state index is 0.134. The van der Waals surface area contributed by atoms with E-state index < -0.39 is 0 Å². The molecule has 1 amide bonds. The molecule has 104 valence electrons. The molecule has 0 saturated carbocycles. The molecular formula is C13H15N5OS. The van der Waals surface area contributed by atoms with Gasteiger partial charge in [0.25, 0.3) is 5.91 Å². The second-order valence-electron chi connectivity index (χ2n) is 4.76. The normalized spacial score (nSPS) is 18.2. The van der Waals surface area contributed by atoms with Crippen molar-refractivity contribution in [2.24, 2.45) is 0 Å². The lowest BCUT2D eigenvalue weighted by Crippen LogP contribution is -2.37. The third-order valence-corrected chi connectivity index (χ3v) is 4.06. The number of carbonyl (C=O) groups is 1. The fourth-order valence-electron chi connectivity index (χ4n) is 2.19. The lowest BCUT2D eigenvalue weighted by Gasteiger charge is -2.15. The number of amides is 1. The Labute approximate surface area is 120 Å². The molecule has 0 aliphatic carbocycles. The monoisotopic (exact) mass is 289 g/mol. The number of anilines is 1. The second-order valence-corrected chi connectivity index (χ2v) is 5.64. The number of hydrogen-bond acceptors (Lipinski definition) is 6. The number of rotatable bonds is 3. The highest BCUT2D eigenvalue weighted by Crippen LogP contribution is 2.22. The summed E-state index contributed by atoms with van der Waals surface area (Å²) in [5.74, 6) is -0.163. The summed E-state index contributed by atoms with van der Waals surface area (Å²) in [4.78, 5) is 26.7. The van der Waals surface area contributed by atoms with Crippen molar-refractivity contribution in [3.63, 3.8) is 0 Å². The molecule has 1 aliphatic rings. The molecule has 6 nitrogen and oxygen atoms in total. The molecule has 0 spiro atoms. The molecule has 7 heteroatoms. The quantitative estimate of drug-likeness (QED) is 0.921. The van der Waals surface area contributed by atoms with Gasteiger partial charge in [-0.25, -0.2) is 9.97 Å². The molecule has 0 aromatic carbocycles. The van der Waals surface area contributed by atoms with Crippen molar-refractivity contribution in [2.45, 2.75) is 19.4 Å². The van der Waals surface area contributed by atoms with Crippen LogP contribution in [0.5, 0.6) is 0 Å². The van der Waals surface area contributed by atoms with Gasteiger partial charge in [0.2, 0.25) is 0 Å². The molecule has 0 radical (unpaired) electrons. The van der Waals surface area contributed by atoms with Gasteiger partial charge in [0.15, 0.2) is 5.13 Å². The molecule has 3 heterocycles. The summed E-state index contributed by atoms with van der Waals surface area (Å²) >= 11 is 1.62. The van der Waals surface area contributed by atoms with Gasteiger partial charge in [0.1, 0.15) is 5.69 Å². The van der Waals surface area contributed by atoms with Crippen LogP contribution in [0, 0.1) is 6.92 Å². The predicted octanol–water partition coefficient (Wildman–Crippen LogP) is 1.25. The average molecular weight is 289 g/mol.